The van der Waals surface area contributed by atoms with Crippen molar-refractivity contribution in [3.63, 3.8) is 0 Å². The van der Waals surface area contributed by atoms with Crippen LogP contribution in [0.1, 0.15) is 0 Å². The summed E-state index contributed by atoms with van der Waals surface area (Å²) < 4.78 is 50.6. The average molecular weight is 293 g/mol. The minimum absolute atomic E-state index is 0.000702. The Kier molecular flexibility index (Phi) is 6.16. The van der Waals surface area contributed by atoms with Gasteiger partial charge in [0.1, 0.15) is 23.1 Å². The van der Waals surface area contributed by atoms with E-state index in [0.717, 1.165) is 12.1 Å². The highest BCUT2D eigenvalue weighted by Crippen LogP contribution is 2.23. The van der Waals surface area contributed by atoms with Crippen molar-refractivity contribution in [2.24, 2.45) is 5.14 Å². The molecule has 2 N–H and O–H groups in total. The minimum Gasteiger partial charge on any atom is -0.490 e. The molecule has 0 saturated carbocycles. The van der Waals surface area contributed by atoms with Gasteiger partial charge in [-0.25, -0.2) is 17.9 Å². The van der Waals surface area contributed by atoms with Gasteiger partial charge in [0.25, 0.3) is 0 Å². The summed E-state index contributed by atoms with van der Waals surface area (Å²) in [6.45, 7) is 1.24. The number of sulfonamides is 1. The zero-order chi connectivity index (χ0) is 14.3. The van der Waals surface area contributed by atoms with Crippen LogP contribution in [0.3, 0.4) is 0 Å². The molecule has 0 aliphatic carbocycles. The molecule has 0 unspecified atom stereocenters. The molecule has 0 aliphatic heterocycles. The fourth-order valence-electron chi connectivity index (χ4n) is 1.28. The van der Waals surface area contributed by atoms with Crippen LogP contribution in [-0.2, 0) is 19.5 Å². The Hall–Kier alpha value is -1.22. The van der Waals surface area contributed by atoms with Crippen molar-refractivity contribution in [1.29, 1.82) is 0 Å². The molecule has 0 atom stereocenters. The van der Waals surface area contributed by atoms with E-state index in [1.165, 1.54) is 6.07 Å². The fraction of sp³-hybridized carbons (Fsp3) is 0.455. The molecule has 19 heavy (non-hydrogen) atoms. The highest BCUT2D eigenvalue weighted by atomic mass is 32.2. The second-order valence-corrected chi connectivity index (χ2v) is 5.12. The number of ether oxygens (including phenoxy) is 3. The predicted octanol–water partition coefficient (Wildman–Crippen LogP) is 0.515. The monoisotopic (exact) mass is 293 g/mol. The molecule has 6 nitrogen and oxygen atoms in total. The van der Waals surface area contributed by atoms with Crippen molar-refractivity contribution in [3.8, 4) is 5.75 Å². The molecule has 0 spiro atoms. The van der Waals surface area contributed by atoms with E-state index in [1.807, 2.05) is 0 Å². The molecule has 1 aromatic rings. The van der Waals surface area contributed by atoms with Crippen LogP contribution in [0.2, 0.25) is 0 Å². The average Bonchev–Trinajstić information content (AvgIpc) is 2.34. The highest BCUT2D eigenvalue weighted by Gasteiger charge is 2.16. The SMILES string of the molecule is COCCOCCOc1ccc(F)cc1S(N)(=O)=O. The molecule has 0 fully saturated rings. The van der Waals surface area contributed by atoms with E-state index >= 15 is 0 Å². The number of methoxy groups -OCH3 is 1. The van der Waals surface area contributed by atoms with Gasteiger partial charge in [0.05, 0.1) is 19.8 Å². The van der Waals surface area contributed by atoms with Crippen molar-refractivity contribution in [2.75, 3.05) is 33.5 Å². The van der Waals surface area contributed by atoms with Crippen LogP contribution < -0.4 is 9.88 Å². The highest BCUT2D eigenvalue weighted by molar-refractivity contribution is 7.89. The van der Waals surface area contributed by atoms with Crippen molar-refractivity contribution >= 4 is 10.0 Å². The Balaban J connectivity index is 2.59. The molecular weight excluding hydrogens is 277 g/mol. The smallest absolute Gasteiger partial charge is 0.241 e. The van der Waals surface area contributed by atoms with Crippen LogP contribution >= 0.6 is 0 Å². The van der Waals surface area contributed by atoms with Gasteiger partial charge < -0.3 is 14.2 Å². The molecule has 0 aliphatic rings. The first kappa shape index (κ1) is 15.8. The van der Waals surface area contributed by atoms with E-state index in [2.05, 4.69) is 0 Å². The zero-order valence-corrected chi connectivity index (χ0v) is 11.3. The number of hydrogen-bond donors (Lipinski definition) is 1. The first-order valence-corrected chi connectivity index (χ1v) is 7.01. The second-order valence-electron chi connectivity index (χ2n) is 3.59. The van der Waals surface area contributed by atoms with Gasteiger partial charge in [-0.15, -0.1) is 0 Å². The number of nitrogens with two attached hydrogens (primary N) is 1. The summed E-state index contributed by atoms with van der Waals surface area (Å²) in [6.07, 6.45) is 0. The van der Waals surface area contributed by atoms with Gasteiger partial charge in [0.15, 0.2) is 0 Å². The third-order valence-electron chi connectivity index (χ3n) is 2.13. The Labute approximate surface area is 111 Å². The first-order chi connectivity index (χ1) is 8.95. The van der Waals surface area contributed by atoms with Crippen molar-refractivity contribution in [3.05, 3.63) is 24.0 Å². The first-order valence-electron chi connectivity index (χ1n) is 5.47. The maximum absolute atomic E-state index is 13.0. The quantitative estimate of drug-likeness (QED) is 0.706. The van der Waals surface area contributed by atoms with Crippen LogP contribution in [-0.4, -0.2) is 42.0 Å². The Morgan fingerprint density at radius 1 is 1.21 bits per heavy atom. The molecule has 0 amide bonds. The third kappa shape index (κ3) is 5.52. The van der Waals surface area contributed by atoms with Crippen LogP contribution in [0, 0.1) is 5.82 Å². The van der Waals surface area contributed by atoms with E-state index in [1.54, 1.807) is 7.11 Å². The summed E-state index contributed by atoms with van der Waals surface area (Å²) in [7, 11) is -2.48. The standard InChI is InChI=1S/C11H16FNO5S/c1-16-4-5-17-6-7-18-10-3-2-9(12)8-11(10)19(13,14)15/h2-3,8H,4-7H2,1H3,(H2,13,14,15). The maximum Gasteiger partial charge on any atom is 0.241 e. The lowest BCUT2D eigenvalue weighted by atomic mass is 10.3. The molecule has 0 heterocycles. The number of halogens is 1. The lowest BCUT2D eigenvalue weighted by Gasteiger charge is -2.10. The number of rotatable bonds is 8. The third-order valence-corrected chi connectivity index (χ3v) is 3.06. The van der Waals surface area contributed by atoms with Gasteiger partial charge in [-0.2, -0.15) is 0 Å². The zero-order valence-electron chi connectivity index (χ0n) is 10.5. The van der Waals surface area contributed by atoms with Gasteiger partial charge in [-0.3, -0.25) is 0 Å². The van der Waals surface area contributed by atoms with E-state index < -0.39 is 15.8 Å². The Morgan fingerprint density at radius 2 is 1.89 bits per heavy atom. The number of benzene rings is 1. The molecular formula is C11H16FNO5S. The van der Waals surface area contributed by atoms with Crippen LogP contribution in [0.15, 0.2) is 23.1 Å². The van der Waals surface area contributed by atoms with E-state index in [9.17, 15) is 12.8 Å². The molecule has 0 saturated heterocycles. The maximum atomic E-state index is 13.0. The summed E-state index contributed by atoms with van der Waals surface area (Å²) >= 11 is 0. The normalized spacial score (nSPS) is 11.5. The lowest BCUT2D eigenvalue weighted by molar-refractivity contribution is 0.0539. The van der Waals surface area contributed by atoms with Crippen LogP contribution in [0.4, 0.5) is 4.39 Å². The topological polar surface area (TPSA) is 87.8 Å². The molecule has 8 heteroatoms. The summed E-state index contributed by atoms with van der Waals surface area (Å²) in [5.41, 5.74) is 0. The molecule has 1 aromatic carbocycles. The van der Waals surface area contributed by atoms with E-state index in [-0.39, 0.29) is 23.9 Å². The molecule has 1 rings (SSSR count). The largest absolute Gasteiger partial charge is 0.490 e. The number of primary sulfonamides is 1. The Bertz CT molecular complexity index is 506. The fourth-order valence-corrected chi connectivity index (χ4v) is 1.96. The van der Waals surface area contributed by atoms with Gasteiger partial charge in [-0.05, 0) is 18.2 Å². The van der Waals surface area contributed by atoms with Gasteiger partial charge in [0, 0.05) is 7.11 Å². The molecule has 0 radical (unpaired) electrons. The lowest BCUT2D eigenvalue weighted by Crippen LogP contribution is -2.16. The summed E-state index contributed by atoms with van der Waals surface area (Å²) in [6, 6.07) is 3.12. The molecule has 0 bridgehead atoms. The Morgan fingerprint density at radius 3 is 2.53 bits per heavy atom. The van der Waals surface area contributed by atoms with E-state index in [4.69, 9.17) is 19.3 Å². The minimum atomic E-state index is -4.03. The van der Waals surface area contributed by atoms with Crippen LogP contribution in [0.25, 0.3) is 0 Å². The second kappa shape index (κ2) is 7.39. The van der Waals surface area contributed by atoms with Gasteiger partial charge in [0.2, 0.25) is 10.0 Å². The molecule has 108 valence electrons. The van der Waals surface area contributed by atoms with Gasteiger partial charge >= 0.3 is 0 Å². The van der Waals surface area contributed by atoms with Crippen LogP contribution in [0.5, 0.6) is 5.75 Å². The van der Waals surface area contributed by atoms with Crippen molar-refractivity contribution < 1.29 is 27.0 Å². The summed E-state index contributed by atoms with van der Waals surface area (Å²) in [4.78, 5) is -0.385. The summed E-state index contributed by atoms with van der Waals surface area (Å²) in [5, 5.41) is 4.97. The summed E-state index contributed by atoms with van der Waals surface area (Å²) in [5.74, 6) is -0.702. The van der Waals surface area contributed by atoms with Crippen molar-refractivity contribution in [1.82, 2.24) is 0 Å². The number of hydrogen-bond acceptors (Lipinski definition) is 5. The van der Waals surface area contributed by atoms with E-state index in [0.29, 0.717) is 13.2 Å². The predicted molar refractivity (Wildman–Crippen MR) is 66.0 cm³/mol. The van der Waals surface area contributed by atoms with Gasteiger partial charge in [-0.1, -0.05) is 0 Å². The van der Waals surface area contributed by atoms with Crippen molar-refractivity contribution in [2.45, 2.75) is 4.90 Å². The molecule has 0 aromatic heterocycles.